The quantitative estimate of drug-likeness (QED) is 0.336. The summed E-state index contributed by atoms with van der Waals surface area (Å²) in [5, 5.41) is 6.77. The minimum atomic E-state index is -4.44. The second-order valence-corrected chi connectivity index (χ2v) is 10.6. The maximum absolute atomic E-state index is 13.9. The molecule has 0 aliphatic carbocycles. The maximum Gasteiger partial charge on any atom is 0.416 e. The highest BCUT2D eigenvalue weighted by Gasteiger charge is 2.34. The van der Waals surface area contributed by atoms with Crippen molar-refractivity contribution >= 4 is 46.9 Å². The normalized spacial score (nSPS) is 20.7. The molecule has 3 aliphatic heterocycles. The third-order valence-corrected chi connectivity index (χ3v) is 8.10. The van der Waals surface area contributed by atoms with Crippen molar-refractivity contribution in [3.63, 3.8) is 0 Å². The van der Waals surface area contributed by atoms with Gasteiger partial charge < -0.3 is 26.2 Å². The maximum atomic E-state index is 13.9. The molecule has 4 N–H and O–H groups in total. The van der Waals surface area contributed by atoms with Gasteiger partial charge in [0.05, 0.1) is 22.6 Å². The molecule has 11 heteroatoms. The van der Waals surface area contributed by atoms with Gasteiger partial charge in [0.1, 0.15) is 6.17 Å². The highest BCUT2D eigenvalue weighted by atomic mass is 35.5. The first-order valence-electron chi connectivity index (χ1n) is 12.2. The van der Waals surface area contributed by atoms with E-state index in [1.807, 2.05) is 23.1 Å². The summed E-state index contributed by atoms with van der Waals surface area (Å²) in [6, 6.07) is 8.38. The van der Waals surface area contributed by atoms with E-state index < -0.39 is 17.9 Å². The van der Waals surface area contributed by atoms with E-state index in [1.54, 1.807) is 0 Å². The molecule has 3 heterocycles. The van der Waals surface area contributed by atoms with Crippen molar-refractivity contribution in [2.45, 2.75) is 53.9 Å². The van der Waals surface area contributed by atoms with Crippen LogP contribution in [0.1, 0.15) is 31.2 Å². The zero-order valence-corrected chi connectivity index (χ0v) is 21.5. The van der Waals surface area contributed by atoms with E-state index >= 15 is 0 Å². The lowest BCUT2D eigenvalue weighted by Crippen LogP contribution is -2.41. The molecule has 0 amide bonds. The van der Waals surface area contributed by atoms with Crippen molar-refractivity contribution in [3.8, 4) is 0 Å². The fourth-order valence-corrected chi connectivity index (χ4v) is 6.21. The monoisotopic (exact) mass is 545 g/mol. The van der Waals surface area contributed by atoms with Crippen molar-refractivity contribution in [2.24, 2.45) is 5.73 Å². The first-order valence-corrected chi connectivity index (χ1v) is 13.0. The predicted octanol–water partition coefficient (Wildman–Crippen LogP) is 6.11. The van der Waals surface area contributed by atoms with Gasteiger partial charge in [-0.3, -0.25) is 0 Å². The largest absolute Gasteiger partial charge is 0.416 e. The third-order valence-electron chi connectivity index (χ3n) is 7.00. The summed E-state index contributed by atoms with van der Waals surface area (Å²) >= 11 is 1.33. The lowest BCUT2D eigenvalue weighted by atomic mass is 10.0. The minimum Gasteiger partial charge on any atom is -0.380 e. The fraction of sp³-hybridized carbons (Fsp3) is 0.520. The molecule has 0 aromatic heterocycles. The number of nitrogens with zero attached hydrogens (tertiary/aromatic N) is 2. The minimum absolute atomic E-state index is 0. The first-order chi connectivity index (χ1) is 16.8. The Balaban J connectivity index is 0.00000304. The van der Waals surface area contributed by atoms with Crippen LogP contribution in [0, 0.1) is 0 Å². The predicted molar refractivity (Wildman–Crippen MR) is 141 cm³/mol. The molecule has 0 saturated carbocycles. The average molecular weight is 546 g/mol. The van der Waals surface area contributed by atoms with Crippen molar-refractivity contribution in [3.05, 3.63) is 35.9 Å². The van der Waals surface area contributed by atoms with Gasteiger partial charge in [-0.15, -0.1) is 12.4 Å². The molecule has 1 atom stereocenters. The van der Waals surface area contributed by atoms with Gasteiger partial charge in [-0.1, -0.05) is 11.8 Å². The van der Waals surface area contributed by atoms with E-state index in [9.17, 15) is 17.6 Å². The summed E-state index contributed by atoms with van der Waals surface area (Å²) in [4.78, 5) is 5.68. The van der Waals surface area contributed by atoms with Crippen molar-refractivity contribution in [1.82, 2.24) is 4.90 Å². The van der Waals surface area contributed by atoms with E-state index in [4.69, 9.17) is 5.73 Å². The number of nitrogens with two attached hydrogens (primary N) is 1. The molecule has 0 bridgehead atoms. The molecule has 2 aromatic carbocycles. The second kappa shape index (κ2) is 11.2. The molecule has 2 aromatic rings. The number of nitrogens with one attached hydrogen (secondary N) is 2. The Hall–Kier alpha value is -1.88. The Labute approximate surface area is 219 Å². The zero-order valence-electron chi connectivity index (χ0n) is 19.9. The van der Waals surface area contributed by atoms with Crippen LogP contribution >= 0.6 is 24.2 Å². The lowest BCUT2D eigenvalue weighted by molar-refractivity contribution is -0.137. The Morgan fingerprint density at radius 2 is 1.83 bits per heavy atom. The van der Waals surface area contributed by atoms with Gasteiger partial charge in [0.2, 0.25) is 0 Å². The summed E-state index contributed by atoms with van der Waals surface area (Å²) in [7, 11) is 0. The Morgan fingerprint density at radius 3 is 2.53 bits per heavy atom. The lowest BCUT2D eigenvalue weighted by Gasteiger charge is -2.34. The van der Waals surface area contributed by atoms with E-state index in [1.165, 1.54) is 23.9 Å². The van der Waals surface area contributed by atoms with Gasteiger partial charge in [-0.2, -0.15) is 13.2 Å². The van der Waals surface area contributed by atoms with Gasteiger partial charge in [-0.05, 0) is 56.0 Å². The molecular formula is C25H32ClF4N5S. The molecule has 5 rings (SSSR count). The van der Waals surface area contributed by atoms with Gasteiger partial charge in [0, 0.05) is 60.8 Å². The van der Waals surface area contributed by atoms with Crippen LogP contribution in [-0.4, -0.2) is 56.4 Å². The summed E-state index contributed by atoms with van der Waals surface area (Å²) < 4.78 is 55.2. The van der Waals surface area contributed by atoms with Gasteiger partial charge in [-0.25, -0.2) is 4.39 Å². The molecule has 198 valence electrons. The molecule has 3 aliphatic rings. The number of hydrogen-bond acceptors (Lipinski definition) is 6. The first kappa shape index (κ1) is 27.2. The number of benzene rings is 2. The van der Waals surface area contributed by atoms with Crippen LogP contribution in [0.25, 0.3) is 0 Å². The molecule has 5 nitrogen and oxygen atoms in total. The Bertz CT molecular complexity index is 1060. The Kier molecular flexibility index (Phi) is 8.49. The molecule has 0 radical (unpaired) electrons. The van der Waals surface area contributed by atoms with Crippen LogP contribution in [0.15, 0.2) is 40.1 Å². The third kappa shape index (κ3) is 5.98. The summed E-state index contributed by atoms with van der Waals surface area (Å²) in [5.41, 5.74) is 7.89. The summed E-state index contributed by atoms with van der Waals surface area (Å²) in [6.07, 6.45) is -2.22. The number of hydrogen-bond donors (Lipinski definition) is 3. The van der Waals surface area contributed by atoms with E-state index in [0.717, 1.165) is 61.7 Å². The molecule has 36 heavy (non-hydrogen) atoms. The molecular weight excluding hydrogens is 514 g/mol. The van der Waals surface area contributed by atoms with Crippen molar-refractivity contribution in [1.29, 1.82) is 0 Å². The number of alkyl halides is 4. The number of halogens is 5. The van der Waals surface area contributed by atoms with Crippen LogP contribution < -0.4 is 21.3 Å². The molecule has 2 saturated heterocycles. The second-order valence-electron chi connectivity index (χ2n) is 9.54. The molecule has 2 fully saturated rings. The average Bonchev–Trinajstić information content (AvgIpc) is 2.83. The van der Waals surface area contributed by atoms with Gasteiger partial charge in [0.25, 0.3) is 0 Å². The SMILES string of the molecule is Cl.NCCN1CCC(Nc2cc(C(F)(F)F)cc3c2Nc2ccc(N4CCCC(F)C4)cc2S3)CC1. The standard InChI is InChI=1S/C25H31F4N5S.ClH/c26-17-2-1-8-34(15-17)19-3-4-20-22(14-19)35-23-13-16(25(27,28)29)12-21(24(23)32-20)31-18-5-9-33(10-6-18)11-7-30;/h3-4,12-14,17-18,31-32H,1-2,5-11,15,30H2;1H. The van der Waals surface area contributed by atoms with Crippen molar-refractivity contribution in [2.75, 3.05) is 54.8 Å². The van der Waals surface area contributed by atoms with E-state index in [2.05, 4.69) is 15.5 Å². The number of rotatable bonds is 5. The topological polar surface area (TPSA) is 56.6 Å². The van der Waals surface area contributed by atoms with Gasteiger partial charge >= 0.3 is 6.18 Å². The summed E-state index contributed by atoms with van der Waals surface area (Å²) in [6.45, 7) is 4.33. The smallest absolute Gasteiger partial charge is 0.380 e. The number of fused-ring (bicyclic) bond motifs is 2. The number of piperidine rings is 2. The van der Waals surface area contributed by atoms with E-state index in [-0.39, 0.29) is 18.4 Å². The van der Waals surface area contributed by atoms with Crippen LogP contribution in [0.2, 0.25) is 0 Å². The van der Waals surface area contributed by atoms with Gasteiger partial charge in [0.15, 0.2) is 0 Å². The van der Waals surface area contributed by atoms with Crippen LogP contribution in [0.3, 0.4) is 0 Å². The van der Waals surface area contributed by atoms with Crippen molar-refractivity contribution < 1.29 is 17.6 Å². The van der Waals surface area contributed by atoms with Crippen LogP contribution in [0.5, 0.6) is 0 Å². The highest BCUT2D eigenvalue weighted by molar-refractivity contribution is 7.99. The molecule has 1 unspecified atom stereocenters. The number of likely N-dealkylation sites (tertiary alicyclic amines) is 1. The zero-order chi connectivity index (χ0) is 24.6. The van der Waals surface area contributed by atoms with Crippen LogP contribution in [-0.2, 0) is 6.18 Å². The number of anilines is 4. The highest BCUT2D eigenvalue weighted by Crippen LogP contribution is 2.50. The molecule has 0 spiro atoms. The van der Waals surface area contributed by atoms with E-state index in [0.29, 0.717) is 35.8 Å². The fourth-order valence-electron chi connectivity index (χ4n) is 5.11. The van der Waals surface area contributed by atoms with Crippen LogP contribution in [0.4, 0.5) is 40.3 Å². The summed E-state index contributed by atoms with van der Waals surface area (Å²) in [5.74, 6) is 0. The Morgan fingerprint density at radius 1 is 1.06 bits per heavy atom.